The highest BCUT2D eigenvalue weighted by molar-refractivity contribution is 5.75. The van der Waals surface area contributed by atoms with Crippen LogP contribution in [0, 0.1) is 11.8 Å². The van der Waals surface area contributed by atoms with E-state index in [-0.39, 0.29) is 5.91 Å². The van der Waals surface area contributed by atoms with Gasteiger partial charge in [0.05, 0.1) is 19.3 Å². The number of nitrogens with one attached hydrogen (secondary N) is 1. The second-order valence-corrected chi connectivity index (χ2v) is 4.40. The third-order valence-electron chi connectivity index (χ3n) is 2.82. The lowest BCUT2D eigenvalue weighted by Crippen LogP contribution is -2.24. The van der Waals surface area contributed by atoms with Crippen LogP contribution in [0.25, 0.3) is 0 Å². The lowest BCUT2D eigenvalue weighted by Gasteiger charge is -2.05. The molecule has 21 heavy (non-hydrogen) atoms. The Morgan fingerprint density at radius 3 is 2.81 bits per heavy atom. The summed E-state index contributed by atoms with van der Waals surface area (Å²) < 4.78 is 1.63. The van der Waals surface area contributed by atoms with Crippen molar-refractivity contribution >= 4 is 5.91 Å². The van der Waals surface area contributed by atoms with Gasteiger partial charge < -0.3 is 11.1 Å². The first-order valence-corrected chi connectivity index (χ1v) is 6.66. The molecule has 0 saturated carbocycles. The average Bonchev–Trinajstić information content (AvgIpc) is 3.03. The lowest BCUT2D eigenvalue weighted by molar-refractivity contribution is -0.121. The van der Waals surface area contributed by atoms with Crippen molar-refractivity contribution < 1.29 is 4.79 Å². The fourth-order valence-electron chi connectivity index (χ4n) is 1.72. The third kappa shape index (κ3) is 5.09. The standard InChI is InChI=1S/C15H17N5O/c16-8-1-2-13-3-5-14(6-4-13)12-17-15(21)7-10-20-11-9-18-19-20/h3-6,9,11H,7-8,10,12,16H2,(H,17,21). The van der Waals surface area contributed by atoms with Gasteiger partial charge in [0.15, 0.2) is 0 Å². The van der Waals surface area contributed by atoms with Gasteiger partial charge in [-0.3, -0.25) is 9.48 Å². The molecule has 6 nitrogen and oxygen atoms in total. The number of carbonyl (C=O) groups excluding carboxylic acids is 1. The summed E-state index contributed by atoms with van der Waals surface area (Å²) in [5.41, 5.74) is 7.27. The Kier molecular flexibility index (Phi) is 5.50. The molecule has 1 heterocycles. The molecule has 108 valence electrons. The fraction of sp³-hybridized carbons (Fsp3) is 0.267. The van der Waals surface area contributed by atoms with E-state index < -0.39 is 0 Å². The molecule has 1 aromatic carbocycles. The molecule has 0 bridgehead atoms. The summed E-state index contributed by atoms with van der Waals surface area (Å²) in [7, 11) is 0. The summed E-state index contributed by atoms with van der Waals surface area (Å²) in [5, 5.41) is 10.4. The van der Waals surface area contributed by atoms with Crippen LogP contribution in [0.4, 0.5) is 0 Å². The summed E-state index contributed by atoms with van der Waals surface area (Å²) in [6.07, 6.45) is 3.70. The first kappa shape index (κ1) is 14.8. The molecule has 1 amide bonds. The predicted octanol–water partition coefficient (Wildman–Crippen LogP) is 0.295. The molecule has 6 heteroatoms. The van der Waals surface area contributed by atoms with Crippen LogP contribution in [0.1, 0.15) is 17.5 Å². The number of rotatable bonds is 5. The van der Waals surface area contributed by atoms with E-state index in [4.69, 9.17) is 5.73 Å². The van der Waals surface area contributed by atoms with E-state index in [1.54, 1.807) is 17.1 Å². The van der Waals surface area contributed by atoms with Crippen LogP contribution in [0.15, 0.2) is 36.7 Å². The number of aromatic nitrogens is 3. The summed E-state index contributed by atoms with van der Waals surface area (Å²) in [6, 6.07) is 7.72. The summed E-state index contributed by atoms with van der Waals surface area (Å²) in [6.45, 7) is 1.38. The Morgan fingerprint density at radius 1 is 1.33 bits per heavy atom. The van der Waals surface area contributed by atoms with E-state index in [0.29, 0.717) is 26.1 Å². The molecule has 1 aromatic heterocycles. The molecule has 2 rings (SSSR count). The molecule has 0 aliphatic carbocycles. The van der Waals surface area contributed by atoms with E-state index in [1.165, 1.54) is 0 Å². The van der Waals surface area contributed by atoms with Gasteiger partial charge in [0.1, 0.15) is 0 Å². The smallest absolute Gasteiger partial charge is 0.222 e. The first-order valence-electron chi connectivity index (χ1n) is 6.66. The Balaban J connectivity index is 1.75. The maximum Gasteiger partial charge on any atom is 0.222 e. The van der Waals surface area contributed by atoms with Gasteiger partial charge in [-0.2, -0.15) is 0 Å². The highest BCUT2D eigenvalue weighted by Crippen LogP contribution is 2.03. The summed E-state index contributed by atoms with van der Waals surface area (Å²) in [4.78, 5) is 11.7. The van der Waals surface area contributed by atoms with Crippen molar-refractivity contribution in [3.05, 3.63) is 47.8 Å². The van der Waals surface area contributed by atoms with Gasteiger partial charge in [0.25, 0.3) is 0 Å². The molecule has 3 N–H and O–H groups in total. The molecule has 0 radical (unpaired) electrons. The van der Waals surface area contributed by atoms with Crippen LogP contribution >= 0.6 is 0 Å². The molecule has 0 aliphatic rings. The highest BCUT2D eigenvalue weighted by atomic mass is 16.1. The van der Waals surface area contributed by atoms with Gasteiger partial charge in [-0.1, -0.05) is 29.2 Å². The zero-order valence-electron chi connectivity index (χ0n) is 11.6. The van der Waals surface area contributed by atoms with Crippen molar-refractivity contribution in [1.29, 1.82) is 0 Å². The van der Waals surface area contributed by atoms with Gasteiger partial charge >= 0.3 is 0 Å². The number of nitrogens with two attached hydrogens (primary N) is 1. The lowest BCUT2D eigenvalue weighted by atomic mass is 10.1. The Labute approximate surface area is 123 Å². The maximum absolute atomic E-state index is 11.7. The molecule has 2 aromatic rings. The van der Waals surface area contributed by atoms with Gasteiger partial charge in [-0.05, 0) is 17.7 Å². The van der Waals surface area contributed by atoms with Gasteiger partial charge in [0.2, 0.25) is 5.91 Å². The van der Waals surface area contributed by atoms with Crippen molar-refractivity contribution in [2.24, 2.45) is 5.73 Å². The van der Waals surface area contributed by atoms with Crippen LogP contribution in [-0.2, 0) is 17.9 Å². The minimum Gasteiger partial charge on any atom is -0.352 e. The number of hydrogen-bond donors (Lipinski definition) is 2. The molecule has 0 spiro atoms. The molecule has 0 aliphatic heterocycles. The average molecular weight is 283 g/mol. The zero-order valence-corrected chi connectivity index (χ0v) is 11.6. The number of benzene rings is 1. The summed E-state index contributed by atoms with van der Waals surface area (Å²) >= 11 is 0. The van der Waals surface area contributed by atoms with Crippen molar-refractivity contribution in [1.82, 2.24) is 20.3 Å². The maximum atomic E-state index is 11.7. The normalized spacial score (nSPS) is 9.76. The molecule has 0 fully saturated rings. The van der Waals surface area contributed by atoms with Crippen LogP contribution in [0.3, 0.4) is 0 Å². The van der Waals surface area contributed by atoms with E-state index in [2.05, 4.69) is 27.5 Å². The third-order valence-corrected chi connectivity index (χ3v) is 2.82. The first-order chi connectivity index (χ1) is 10.3. The second kappa shape index (κ2) is 7.82. The largest absolute Gasteiger partial charge is 0.352 e. The fourth-order valence-corrected chi connectivity index (χ4v) is 1.72. The van der Waals surface area contributed by atoms with E-state index in [1.807, 2.05) is 24.3 Å². The number of aryl methyl sites for hydroxylation is 1. The molecular weight excluding hydrogens is 266 g/mol. The highest BCUT2D eigenvalue weighted by Gasteiger charge is 2.02. The molecule has 0 saturated heterocycles. The van der Waals surface area contributed by atoms with E-state index in [0.717, 1.165) is 11.1 Å². The van der Waals surface area contributed by atoms with E-state index >= 15 is 0 Å². The predicted molar refractivity (Wildman–Crippen MR) is 78.9 cm³/mol. The molecule has 0 unspecified atom stereocenters. The van der Waals surface area contributed by atoms with E-state index in [9.17, 15) is 4.79 Å². The molecular formula is C15H17N5O. The van der Waals surface area contributed by atoms with Crippen molar-refractivity contribution in [3.63, 3.8) is 0 Å². The minimum atomic E-state index is -0.0162. The second-order valence-electron chi connectivity index (χ2n) is 4.40. The monoisotopic (exact) mass is 283 g/mol. The SMILES string of the molecule is NCC#Cc1ccc(CNC(=O)CCn2ccnn2)cc1. The minimum absolute atomic E-state index is 0.0162. The Morgan fingerprint density at radius 2 is 2.14 bits per heavy atom. The quantitative estimate of drug-likeness (QED) is 0.773. The van der Waals surface area contributed by atoms with Gasteiger partial charge in [-0.25, -0.2) is 0 Å². The Bertz CT molecular complexity index is 622. The van der Waals surface area contributed by atoms with Crippen molar-refractivity contribution in [2.45, 2.75) is 19.5 Å². The van der Waals surface area contributed by atoms with Crippen LogP contribution in [0.2, 0.25) is 0 Å². The van der Waals surface area contributed by atoms with Crippen LogP contribution < -0.4 is 11.1 Å². The zero-order chi connectivity index (χ0) is 14.9. The number of amides is 1. The number of carbonyl (C=O) groups is 1. The van der Waals surface area contributed by atoms with Gasteiger partial charge in [0, 0.05) is 24.7 Å². The van der Waals surface area contributed by atoms with Gasteiger partial charge in [-0.15, -0.1) is 5.10 Å². The van der Waals surface area contributed by atoms with Crippen LogP contribution in [0.5, 0.6) is 0 Å². The van der Waals surface area contributed by atoms with Crippen molar-refractivity contribution in [2.75, 3.05) is 6.54 Å². The van der Waals surface area contributed by atoms with Crippen molar-refractivity contribution in [3.8, 4) is 11.8 Å². The van der Waals surface area contributed by atoms with Crippen LogP contribution in [-0.4, -0.2) is 27.4 Å². The number of hydrogen-bond acceptors (Lipinski definition) is 4. The Hall–Kier alpha value is -2.65. The summed E-state index contributed by atoms with van der Waals surface area (Å²) in [5.74, 6) is 5.74. The topological polar surface area (TPSA) is 85.8 Å². The number of nitrogens with zero attached hydrogens (tertiary/aromatic N) is 3. The molecule has 0 atom stereocenters.